The molecule has 0 atom stereocenters. The highest BCUT2D eigenvalue weighted by atomic mass is 32.2. The first-order valence-electron chi connectivity index (χ1n) is 8.33. The molecule has 0 fully saturated rings. The molecule has 144 valence electrons. The molecule has 0 spiro atoms. The predicted molar refractivity (Wildman–Crippen MR) is 104 cm³/mol. The smallest absolute Gasteiger partial charge is 0.175 e. The lowest BCUT2D eigenvalue weighted by Gasteiger charge is -2.30. The van der Waals surface area contributed by atoms with Crippen LogP contribution in [0.3, 0.4) is 0 Å². The maximum Gasteiger partial charge on any atom is 0.175 e. The van der Waals surface area contributed by atoms with Crippen LogP contribution in [-0.2, 0) is 9.84 Å². The molecule has 0 bridgehead atoms. The summed E-state index contributed by atoms with van der Waals surface area (Å²) in [5, 5.41) is 9.27. The molecular weight excluding hydrogens is 383 g/mol. The first-order valence-corrected chi connectivity index (χ1v) is 10.2. The van der Waals surface area contributed by atoms with Gasteiger partial charge in [-0.15, -0.1) is 5.10 Å². The Morgan fingerprint density at radius 2 is 1.89 bits per heavy atom. The Morgan fingerprint density at radius 1 is 1.14 bits per heavy atom. The maximum absolute atomic E-state index is 14.3. The van der Waals surface area contributed by atoms with Gasteiger partial charge in [0.2, 0.25) is 0 Å². The lowest BCUT2D eigenvalue weighted by molar-refractivity contribution is 0.386. The number of fused-ring (bicyclic) bond motifs is 1. The van der Waals surface area contributed by atoms with Gasteiger partial charge in [0.1, 0.15) is 5.82 Å². The monoisotopic (exact) mass is 400 g/mol. The third-order valence-electron chi connectivity index (χ3n) is 4.33. The minimum atomic E-state index is -3.30. The van der Waals surface area contributed by atoms with Crippen LogP contribution in [0.5, 0.6) is 5.75 Å². The van der Waals surface area contributed by atoms with Crippen molar-refractivity contribution in [2.24, 2.45) is 5.10 Å². The predicted octanol–water partition coefficient (Wildman–Crippen LogP) is 2.59. The number of nitrogens with one attached hydrogen (secondary N) is 1. The van der Waals surface area contributed by atoms with E-state index in [2.05, 4.69) is 10.4 Å². The second-order valence-electron chi connectivity index (χ2n) is 6.23. The number of hydrogen-bond donors (Lipinski definition) is 1. The van der Waals surface area contributed by atoms with Crippen LogP contribution in [0.15, 0.2) is 76.9 Å². The van der Waals surface area contributed by atoms with Crippen LogP contribution in [0.4, 0.5) is 10.1 Å². The van der Waals surface area contributed by atoms with E-state index in [0.29, 0.717) is 22.9 Å². The largest absolute Gasteiger partial charge is 0.494 e. The molecule has 4 rings (SSSR count). The molecule has 2 aliphatic heterocycles. The van der Waals surface area contributed by atoms with Crippen molar-refractivity contribution in [3.63, 3.8) is 0 Å². The number of hydrazone groups is 1. The molecule has 0 aliphatic carbocycles. The summed E-state index contributed by atoms with van der Waals surface area (Å²) in [7, 11) is -1.90. The lowest BCUT2D eigenvalue weighted by Crippen LogP contribution is -2.35. The Morgan fingerprint density at radius 3 is 2.54 bits per heavy atom. The molecule has 28 heavy (non-hydrogen) atoms. The molecule has 2 aliphatic rings. The van der Waals surface area contributed by atoms with E-state index < -0.39 is 15.7 Å². The van der Waals surface area contributed by atoms with E-state index in [0.717, 1.165) is 6.26 Å². The minimum Gasteiger partial charge on any atom is -0.494 e. The topological polar surface area (TPSA) is 74.2 Å². The summed E-state index contributed by atoms with van der Waals surface area (Å²) in [6.45, 7) is 0. The quantitative estimate of drug-likeness (QED) is 0.851. The highest BCUT2D eigenvalue weighted by Crippen LogP contribution is 2.28. The minimum absolute atomic E-state index is 0.142. The molecule has 0 amide bonds. The van der Waals surface area contributed by atoms with Crippen molar-refractivity contribution < 1.29 is 17.5 Å². The number of amidine groups is 1. The zero-order chi connectivity index (χ0) is 19.9. The number of ether oxygens (including phenoxy) is 1. The van der Waals surface area contributed by atoms with Gasteiger partial charge >= 0.3 is 0 Å². The van der Waals surface area contributed by atoms with Crippen LogP contribution in [0.2, 0.25) is 0 Å². The Labute approximate surface area is 161 Å². The summed E-state index contributed by atoms with van der Waals surface area (Å²) in [6.07, 6.45) is 6.44. The fourth-order valence-corrected chi connectivity index (χ4v) is 3.54. The van der Waals surface area contributed by atoms with Gasteiger partial charge < -0.3 is 10.1 Å². The van der Waals surface area contributed by atoms with Crippen molar-refractivity contribution in [1.29, 1.82) is 0 Å². The Balaban J connectivity index is 1.78. The molecular formula is C19H17FN4O3S. The first-order chi connectivity index (χ1) is 13.4. The van der Waals surface area contributed by atoms with E-state index in [9.17, 15) is 12.8 Å². The molecule has 9 heteroatoms. The molecule has 1 N–H and O–H groups in total. The van der Waals surface area contributed by atoms with Crippen molar-refractivity contribution >= 4 is 21.4 Å². The number of hydrogen-bond acceptors (Lipinski definition) is 7. The van der Waals surface area contributed by atoms with E-state index in [1.807, 2.05) is 0 Å². The molecule has 7 nitrogen and oxygen atoms in total. The highest BCUT2D eigenvalue weighted by Gasteiger charge is 2.25. The highest BCUT2D eigenvalue weighted by molar-refractivity contribution is 7.90. The van der Waals surface area contributed by atoms with Crippen LogP contribution in [0.25, 0.3) is 0 Å². The summed E-state index contributed by atoms with van der Waals surface area (Å²) in [5.41, 5.74) is 1.23. The first kappa shape index (κ1) is 18.1. The normalized spacial score (nSPS) is 15.7. The van der Waals surface area contributed by atoms with Crippen LogP contribution in [0, 0.1) is 5.82 Å². The molecule has 0 radical (unpaired) electrons. The van der Waals surface area contributed by atoms with Crippen molar-refractivity contribution in [1.82, 2.24) is 10.3 Å². The third kappa shape index (κ3) is 3.20. The van der Waals surface area contributed by atoms with Gasteiger partial charge in [-0.2, -0.15) is 0 Å². The number of sulfone groups is 1. The molecule has 0 saturated carbocycles. The van der Waals surface area contributed by atoms with Crippen LogP contribution < -0.4 is 15.0 Å². The standard InChI is InChI=1S/C19H17FN4O3S/c1-27-17-8-3-13(11-16(17)20)19-22-24-10-9-21-18(24)12-23(19)14-4-6-15(7-5-14)28(2,25)26/h3-12,21H,1-2H3. The van der Waals surface area contributed by atoms with E-state index in [4.69, 9.17) is 4.74 Å². The molecule has 0 unspecified atom stereocenters. The van der Waals surface area contributed by atoms with Crippen molar-refractivity contribution in [3.05, 3.63) is 78.3 Å². The Bertz CT molecular complexity index is 1120. The average Bonchev–Trinajstić information content (AvgIpc) is 3.14. The van der Waals surface area contributed by atoms with Crippen LogP contribution in [0.1, 0.15) is 5.56 Å². The fourth-order valence-electron chi connectivity index (χ4n) is 2.91. The third-order valence-corrected chi connectivity index (χ3v) is 5.46. The van der Waals surface area contributed by atoms with Gasteiger partial charge in [-0.05, 0) is 42.5 Å². The number of nitrogens with zero attached hydrogens (tertiary/aromatic N) is 3. The number of rotatable bonds is 4. The Kier molecular flexibility index (Phi) is 4.31. The molecule has 0 aromatic heterocycles. The SMILES string of the molecule is COc1ccc(C2=NN3C=CNC3=CN2c2ccc(S(C)(=O)=O)cc2)cc1F. The number of benzene rings is 2. The van der Waals surface area contributed by atoms with E-state index in [-0.39, 0.29) is 10.6 Å². The van der Waals surface area contributed by atoms with Gasteiger partial charge in [-0.3, -0.25) is 4.90 Å². The van der Waals surface area contributed by atoms with Crippen LogP contribution >= 0.6 is 0 Å². The molecule has 2 aromatic carbocycles. The van der Waals surface area contributed by atoms with Gasteiger partial charge in [0.25, 0.3) is 0 Å². The zero-order valence-electron chi connectivity index (χ0n) is 15.1. The van der Waals surface area contributed by atoms with Gasteiger partial charge in [-0.1, -0.05) is 0 Å². The average molecular weight is 400 g/mol. The summed E-state index contributed by atoms with van der Waals surface area (Å²) < 4.78 is 42.7. The fraction of sp³-hybridized carbons (Fsp3) is 0.105. The molecule has 2 aromatic rings. The van der Waals surface area contributed by atoms with Crippen molar-refractivity contribution in [3.8, 4) is 5.75 Å². The van der Waals surface area contributed by atoms with Gasteiger partial charge in [-0.25, -0.2) is 17.8 Å². The van der Waals surface area contributed by atoms with Gasteiger partial charge in [0.15, 0.2) is 27.2 Å². The van der Waals surface area contributed by atoms with E-state index in [1.165, 1.54) is 31.4 Å². The molecule has 0 saturated heterocycles. The lowest BCUT2D eigenvalue weighted by atomic mass is 10.1. The Hall–Kier alpha value is -3.33. The van der Waals surface area contributed by atoms with Gasteiger partial charge in [0, 0.05) is 29.9 Å². The van der Waals surface area contributed by atoms with Crippen molar-refractivity contribution in [2.45, 2.75) is 4.90 Å². The second kappa shape index (κ2) is 6.68. The van der Waals surface area contributed by atoms with E-state index >= 15 is 0 Å². The summed E-state index contributed by atoms with van der Waals surface area (Å²) in [6, 6.07) is 11.0. The summed E-state index contributed by atoms with van der Waals surface area (Å²) in [5.74, 6) is 0.832. The molecule has 2 heterocycles. The number of methoxy groups -OCH3 is 1. The number of halogens is 1. The maximum atomic E-state index is 14.3. The second-order valence-corrected chi connectivity index (χ2v) is 8.24. The summed E-state index contributed by atoms with van der Waals surface area (Å²) >= 11 is 0. The summed E-state index contributed by atoms with van der Waals surface area (Å²) in [4.78, 5) is 1.98. The van der Waals surface area contributed by atoms with Crippen molar-refractivity contribution in [2.75, 3.05) is 18.3 Å². The van der Waals surface area contributed by atoms with Gasteiger partial charge in [0.05, 0.1) is 18.2 Å². The van der Waals surface area contributed by atoms with E-state index in [1.54, 1.807) is 46.7 Å². The zero-order valence-corrected chi connectivity index (χ0v) is 15.9. The van der Waals surface area contributed by atoms with Crippen LogP contribution in [-0.4, -0.2) is 32.6 Å². The number of anilines is 1.